The first-order chi connectivity index (χ1) is 6.20. The minimum atomic E-state index is -0.184. The van der Waals surface area contributed by atoms with Crippen LogP contribution in [0.15, 0.2) is 0 Å². The summed E-state index contributed by atoms with van der Waals surface area (Å²) in [7, 11) is 0. The topological polar surface area (TPSA) is 44.0 Å². The lowest BCUT2D eigenvalue weighted by molar-refractivity contribution is 0.186. The number of aliphatic hydroxyl groups is 1. The summed E-state index contributed by atoms with van der Waals surface area (Å²) in [6, 6.07) is 2.18. The molecule has 76 valence electrons. The van der Waals surface area contributed by atoms with Gasteiger partial charge in [-0.15, -0.1) is 0 Å². The Bertz CT molecular complexity index is 155. The Morgan fingerprint density at radius 1 is 1.46 bits per heavy atom. The fourth-order valence-electron chi connectivity index (χ4n) is 0.941. The maximum Gasteiger partial charge on any atom is 0.0661 e. The van der Waals surface area contributed by atoms with Gasteiger partial charge in [0.2, 0.25) is 0 Å². The molecular weight excluding hydrogens is 182 g/mol. The predicted octanol–water partition coefficient (Wildman–Crippen LogP) is 2.43. The first-order valence-corrected chi connectivity index (χ1v) is 6.01. The number of nitriles is 1. The molecule has 0 aromatic heterocycles. The van der Waals surface area contributed by atoms with Gasteiger partial charge in [-0.1, -0.05) is 19.8 Å². The molecule has 0 aliphatic carbocycles. The second-order valence-electron chi connectivity index (χ2n) is 3.36. The molecule has 0 aliphatic rings. The molecule has 2 unspecified atom stereocenters. The van der Waals surface area contributed by atoms with E-state index in [1.165, 1.54) is 0 Å². The number of rotatable bonds is 7. The highest BCUT2D eigenvalue weighted by Gasteiger charge is 2.05. The van der Waals surface area contributed by atoms with Crippen molar-refractivity contribution in [1.82, 2.24) is 0 Å². The second-order valence-corrected chi connectivity index (χ2v) is 4.44. The maximum absolute atomic E-state index is 9.46. The van der Waals surface area contributed by atoms with E-state index in [1.54, 1.807) is 11.8 Å². The van der Waals surface area contributed by atoms with Crippen LogP contribution >= 0.6 is 11.8 Å². The Kier molecular flexibility index (Phi) is 8.27. The smallest absolute Gasteiger partial charge is 0.0661 e. The summed E-state index contributed by atoms with van der Waals surface area (Å²) in [6.45, 7) is 4.03. The highest BCUT2D eigenvalue weighted by Crippen LogP contribution is 2.11. The normalized spacial score (nSPS) is 14.9. The molecule has 0 amide bonds. The molecule has 0 fully saturated rings. The monoisotopic (exact) mass is 201 g/mol. The summed E-state index contributed by atoms with van der Waals surface area (Å²) < 4.78 is 0. The van der Waals surface area contributed by atoms with Gasteiger partial charge >= 0.3 is 0 Å². The molecule has 3 heteroatoms. The summed E-state index contributed by atoms with van der Waals surface area (Å²) in [5.41, 5.74) is 0. The van der Waals surface area contributed by atoms with Crippen molar-refractivity contribution >= 4 is 11.8 Å². The number of unbranched alkanes of at least 4 members (excludes halogenated alkanes) is 1. The Balaban J connectivity index is 3.27. The molecule has 2 nitrogen and oxygen atoms in total. The Hall–Kier alpha value is -0.200. The Morgan fingerprint density at radius 2 is 2.15 bits per heavy atom. The van der Waals surface area contributed by atoms with Crippen LogP contribution in [0.1, 0.15) is 33.1 Å². The number of aliphatic hydroxyl groups excluding tert-OH is 1. The van der Waals surface area contributed by atoms with E-state index in [9.17, 15) is 5.11 Å². The summed E-state index contributed by atoms with van der Waals surface area (Å²) in [5, 5.41) is 18.0. The zero-order chi connectivity index (χ0) is 10.1. The standard InChI is InChI=1S/C10H19NOS/c1-3-4-5-10(12)8-13-7-9(2)6-11/h9-10,12H,3-5,7-8H2,1-2H3. The van der Waals surface area contributed by atoms with Crippen LogP contribution in [-0.2, 0) is 0 Å². The van der Waals surface area contributed by atoms with Crippen LogP contribution in [0.4, 0.5) is 0 Å². The van der Waals surface area contributed by atoms with E-state index in [0.717, 1.165) is 30.8 Å². The SMILES string of the molecule is CCCCC(O)CSCC(C)C#N. The van der Waals surface area contributed by atoms with Crippen molar-refractivity contribution in [3.8, 4) is 6.07 Å². The molecule has 0 bridgehead atoms. The minimum Gasteiger partial charge on any atom is -0.392 e. The molecule has 0 rings (SSSR count). The van der Waals surface area contributed by atoms with Gasteiger partial charge in [0.15, 0.2) is 0 Å². The minimum absolute atomic E-state index is 0.100. The second kappa shape index (κ2) is 8.40. The third kappa shape index (κ3) is 8.14. The lowest BCUT2D eigenvalue weighted by Gasteiger charge is -2.09. The third-order valence-electron chi connectivity index (χ3n) is 1.79. The van der Waals surface area contributed by atoms with Crippen molar-refractivity contribution in [3.05, 3.63) is 0 Å². The van der Waals surface area contributed by atoms with Crippen LogP contribution in [0, 0.1) is 17.2 Å². The van der Waals surface area contributed by atoms with Gasteiger partial charge in [-0.05, 0) is 13.3 Å². The summed E-state index contributed by atoms with van der Waals surface area (Å²) >= 11 is 1.67. The van der Waals surface area contributed by atoms with E-state index in [0.29, 0.717) is 0 Å². The van der Waals surface area contributed by atoms with Crippen LogP contribution in [0.25, 0.3) is 0 Å². The van der Waals surface area contributed by atoms with E-state index in [4.69, 9.17) is 5.26 Å². The van der Waals surface area contributed by atoms with E-state index in [-0.39, 0.29) is 12.0 Å². The quantitative estimate of drug-likeness (QED) is 0.688. The molecule has 1 N–H and O–H groups in total. The summed E-state index contributed by atoms with van der Waals surface area (Å²) in [6.07, 6.45) is 2.94. The molecular formula is C10H19NOS. The molecule has 0 spiro atoms. The highest BCUT2D eigenvalue weighted by atomic mass is 32.2. The lowest BCUT2D eigenvalue weighted by Crippen LogP contribution is -2.10. The van der Waals surface area contributed by atoms with Crippen molar-refractivity contribution in [3.63, 3.8) is 0 Å². The van der Waals surface area contributed by atoms with Gasteiger partial charge in [0, 0.05) is 11.5 Å². The number of thioether (sulfide) groups is 1. The largest absolute Gasteiger partial charge is 0.392 e. The van der Waals surface area contributed by atoms with Crippen LogP contribution in [0.2, 0.25) is 0 Å². The highest BCUT2D eigenvalue weighted by molar-refractivity contribution is 7.99. The van der Waals surface area contributed by atoms with Gasteiger partial charge in [-0.3, -0.25) is 0 Å². The zero-order valence-corrected chi connectivity index (χ0v) is 9.31. The van der Waals surface area contributed by atoms with Gasteiger partial charge in [0.25, 0.3) is 0 Å². The molecule has 0 radical (unpaired) electrons. The molecule has 0 aromatic rings. The zero-order valence-electron chi connectivity index (χ0n) is 8.49. The van der Waals surface area contributed by atoms with E-state index < -0.39 is 0 Å². The molecule has 2 atom stereocenters. The third-order valence-corrected chi connectivity index (χ3v) is 3.15. The van der Waals surface area contributed by atoms with Crippen molar-refractivity contribution in [2.24, 2.45) is 5.92 Å². The van der Waals surface area contributed by atoms with Crippen molar-refractivity contribution in [2.75, 3.05) is 11.5 Å². The first-order valence-electron chi connectivity index (χ1n) is 4.86. The summed E-state index contributed by atoms with van der Waals surface area (Å²) in [4.78, 5) is 0. The fourth-order valence-corrected chi connectivity index (χ4v) is 1.94. The average molecular weight is 201 g/mol. The molecule has 0 heterocycles. The number of hydrogen-bond donors (Lipinski definition) is 1. The molecule has 0 saturated carbocycles. The van der Waals surface area contributed by atoms with E-state index >= 15 is 0 Å². The van der Waals surface area contributed by atoms with Crippen molar-refractivity contribution in [1.29, 1.82) is 5.26 Å². The van der Waals surface area contributed by atoms with Gasteiger partial charge in [-0.25, -0.2) is 0 Å². The van der Waals surface area contributed by atoms with Crippen LogP contribution in [-0.4, -0.2) is 22.7 Å². The molecule has 0 aliphatic heterocycles. The molecule has 0 aromatic carbocycles. The van der Waals surface area contributed by atoms with Crippen LogP contribution in [0.5, 0.6) is 0 Å². The van der Waals surface area contributed by atoms with Gasteiger partial charge in [-0.2, -0.15) is 17.0 Å². The van der Waals surface area contributed by atoms with Crippen LogP contribution in [0.3, 0.4) is 0 Å². The molecule has 0 saturated heterocycles. The maximum atomic E-state index is 9.46. The average Bonchev–Trinajstić information content (AvgIpc) is 2.14. The number of hydrogen-bond acceptors (Lipinski definition) is 3. The first kappa shape index (κ1) is 12.8. The predicted molar refractivity (Wildman–Crippen MR) is 57.6 cm³/mol. The van der Waals surface area contributed by atoms with Gasteiger partial charge in [0.05, 0.1) is 18.1 Å². The molecule has 13 heavy (non-hydrogen) atoms. The van der Waals surface area contributed by atoms with E-state index in [2.05, 4.69) is 13.0 Å². The van der Waals surface area contributed by atoms with E-state index in [1.807, 2.05) is 6.92 Å². The Morgan fingerprint density at radius 3 is 2.69 bits per heavy atom. The Labute approximate surface area is 85.3 Å². The van der Waals surface area contributed by atoms with Crippen molar-refractivity contribution < 1.29 is 5.11 Å². The van der Waals surface area contributed by atoms with Crippen molar-refractivity contribution in [2.45, 2.75) is 39.2 Å². The number of nitrogens with zero attached hydrogens (tertiary/aromatic N) is 1. The summed E-state index contributed by atoms with van der Waals surface area (Å²) in [5.74, 6) is 1.70. The van der Waals surface area contributed by atoms with Gasteiger partial charge in [0.1, 0.15) is 0 Å². The fraction of sp³-hybridized carbons (Fsp3) is 0.900. The lowest BCUT2D eigenvalue weighted by atomic mass is 10.2. The van der Waals surface area contributed by atoms with Crippen LogP contribution < -0.4 is 0 Å². The van der Waals surface area contributed by atoms with Gasteiger partial charge < -0.3 is 5.11 Å².